The average Bonchev–Trinajstić information content (AvgIpc) is 2.60. The van der Waals surface area contributed by atoms with Crippen molar-refractivity contribution in [2.24, 2.45) is 0 Å². The summed E-state index contributed by atoms with van der Waals surface area (Å²) in [6.07, 6.45) is 1.77. The molecule has 0 radical (unpaired) electrons. The zero-order chi connectivity index (χ0) is 13.5. The number of aliphatic carboxylic acids is 1. The Labute approximate surface area is 103 Å². The Kier molecular flexibility index (Phi) is 5.04. The van der Waals surface area contributed by atoms with Gasteiger partial charge in [-0.25, -0.2) is 4.79 Å². The number of aromatic nitrogens is 1. The lowest BCUT2D eigenvalue weighted by atomic mass is 10.1. The lowest BCUT2D eigenvalue weighted by Crippen LogP contribution is -2.18. The third-order valence-electron chi connectivity index (χ3n) is 2.26. The maximum absolute atomic E-state index is 11.3. The Balaban J connectivity index is 2.24. The second kappa shape index (κ2) is 6.53. The minimum Gasteiger partial charge on any atom is -0.492 e. The highest BCUT2D eigenvalue weighted by Gasteiger charge is 2.11. The molecule has 0 amide bonds. The summed E-state index contributed by atoms with van der Waals surface area (Å²) in [6.45, 7) is 0. The summed E-state index contributed by atoms with van der Waals surface area (Å²) >= 11 is 0. The highest BCUT2D eigenvalue weighted by Crippen LogP contribution is 2.19. The highest BCUT2D eigenvalue weighted by molar-refractivity contribution is 5.70. The first-order valence-corrected chi connectivity index (χ1v) is 5.53. The minimum absolute atomic E-state index is 0.0776. The van der Waals surface area contributed by atoms with Gasteiger partial charge < -0.3 is 20.2 Å². The van der Waals surface area contributed by atoms with E-state index in [2.05, 4.69) is 0 Å². The van der Waals surface area contributed by atoms with Crippen LogP contribution in [0, 0.1) is 0 Å². The topological polar surface area (TPSA) is 109 Å². The molecule has 0 aromatic carbocycles. The SMILES string of the molecule is O=C(O)CCCCCC(=O)On1c(O)ccc1O. The number of aromatic hydroxyl groups is 2. The van der Waals surface area contributed by atoms with Gasteiger partial charge in [0.1, 0.15) is 0 Å². The highest BCUT2D eigenvalue weighted by atomic mass is 16.7. The van der Waals surface area contributed by atoms with Crippen LogP contribution >= 0.6 is 0 Å². The summed E-state index contributed by atoms with van der Waals surface area (Å²) in [5, 5.41) is 26.8. The molecule has 3 N–H and O–H groups in total. The fourth-order valence-corrected chi connectivity index (χ4v) is 1.37. The van der Waals surface area contributed by atoms with Gasteiger partial charge in [-0.3, -0.25) is 4.79 Å². The summed E-state index contributed by atoms with van der Waals surface area (Å²) in [5.74, 6) is -2.20. The summed E-state index contributed by atoms with van der Waals surface area (Å²) in [5.41, 5.74) is 0. The van der Waals surface area contributed by atoms with E-state index in [-0.39, 0.29) is 24.6 Å². The number of carbonyl (C=O) groups is 2. The Morgan fingerprint density at radius 2 is 1.61 bits per heavy atom. The molecule has 0 spiro atoms. The van der Waals surface area contributed by atoms with Gasteiger partial charge in [0.15, 0.2) is 0 Å². The molecule has 1 heterocycles. The van der Waals surface area contributed by atoms with Gasteiger partial charge in [0, 0.05) is 25.0 Å². The predicted octanol–water partition coefficient (Wildman–Crippen LogP) is 0.890. The van der Waals surface area contributed by atoms with Crippen molar-refractivity contribution in [3.8, 4) is 11.8 Å². The van der Waals surface area contributed by atoms with Crippen LogP contribution in [-0.4, -0.2) is 32.0 Å². The first-order chi connectivity index (χ1) is 8.50. The minimum atomic E-state index is -0.861. The number of carboxylic acids is 1. The van der Waals surface area contributed by atoms with E-state index in [1.54, 1.807) is 0 Å². The van der Waals surface area contributed by atoms with E-state index in [9.17, 15) is 19.8 Å². The molecular formula is C11H15NO6. The molecule has 0 saturated heterocycles. The van der Waals surface area contributed by atoms with Crippen LogP contribution in [0.2, 0.25) is 0 Å². The lowest BCUT2D eigenvalue weighted by Gasteiger charge is -2.06. The molecule has 0 bridgehead atoms. The summed E-state index contributed by atoms with van der Waals surface area (Å²) in [4.78, 5) is 26.3. The first kappa shape index (κ1) is 13.9. The molecule has 0 unspecified atom stereocenters. The lowest BCUT2D eigenvalue weighted by molar-refractivity contribution is -0.145. The molecule has 1 rings (SSSR count). The molecule has 0 aliphatic rings. The summed E-state index contributed by atoms with van der Waals surface area (Å²) < 4.78 is 0.625. The van der Waals surface area contributed by atoms with Gasteiger partial charge in [-0.1, -0.05) is 6.42 Å². The Hall–Kier alpha value is -2.18. The van der Waals surface area contributed by atoms with Crippen LogP contribution in [0.1, 0.15) is 32.1 Å². The van der Waals surface area contributed by atoms with E-state index in [0.717, 1.165) is 0 Å². The number of unbranched alkanes of at least 4 members (excludes halogenated alkanes) is 2. The van der Waals surface area contributed by atoms with E-state index in [4.69, 9.17) is 9.94 Å². The number of rotatable bonds is 7. The molecule has 100 valence electrons. The standard InChI is InChI=1S/C11H15NO6/c13-8-6-7-9(14)12(8)18-11(17)5-3-1-2-4-10(15)16/h6-7,13-14H,1-5H2,(H,15,16). The molecule has 1 aromatic rings. The second-order valence-corrected chi connectivity index (χ2v) is 3.76. The fraction of sp³-hybridized carbons (Fsp3) is 0.455. The largest absolute Gasteiger partial charge is 0.492 e. The van der Waals surface area contributed by atoms with Gasteiger partial charge in [0.2, 0.25) is 11.8 Å². The number of carbonyl (C=O) groups excluding carboxylic acids is 1. The van der Waals surface area contributed by atoms with Crippen LogP contribution in [0.25, 0.3) is 0 Å². The van der Waals surface area contributed by atoms with Crippen molar-refractivity contribution in [2.45, 2.75) is 32.1 Å². The smallest absolute Gasteiger partial charge is 0.333 e. The second-order valence-electron chi connectivity index (χ2n) is 3.76. The fourth-order valence-electron chi connectivity index (χ4n) is 1.37. The van der Waals surface area contributed by atoms with Crippen molar-refractivity contribution < 1.29 is 29.7 Å². The van der Waals surface area contributed by atoms with E-state index >= 15 is 0 Å². The van der Waals surface area contributed by atoms with Crippen LogP contribution in [0.4, 0.5) is 0 Å². The van der Waals surface area contributed by atoms with Crippen molar-refractivity contribution in [1.82, 2.24) is 4.73 Å². The molecule has 0 atom stereocenters. The number of nitrogens with zero attached hydrogens (tertiary/aromatic N) is 1. The van der Waals surface area contributed by atoms with Crippen molar-refractivity contribution in [2.75, 3.05) is 0 Å². The Morgan fingerprint density at radius 3 is 2.17 bits per heavy atom. The van der Waals surface area contributed by atoms with E-state index < -0.39 is 11.9 Å². The maximum Gasteiger partial charge on any atom is 0.333 e. The third kappa shape index (κ3) is 4.36. The van der Waals surface area contributed by atoms with E-state index in [0.29, 0.717) is 24.0 Å². The third-order valence-corrected chi connectivity index (χ3v) is 2.26. The van der Waals surface area contributed by atoms with E-state index in [1.807, 2.05) is 0 Å². The number of carboxylic acid groups (broad SMARTS) is 1. The van der Waals surface area contributed by atoms with Crippen LogP contribution in [0.15, 0.2) is 12.1 Å². The van der Waals surface area contributed by atoms with Crippen LogP contribution in [0.3, 0.4) is 0 Å². The van der Waals surface area contributed by atoms with E-state index in [1.165, 1.54) is 12.1 Å². The van der Waals surface area contributed by atoms with Crippen LogP contribution < -0.4 is 4.84 Å². The maximum atomic E-state index is 11.3. The van der Waals surface area contributed by atoms with Crippen molar-refractivity contribution in [3.05, 3.63) is 12.1 Å². The number of hydrogen-bond acceptors (Lipinski definition) is 5. The quantitative estimate of drug-likeness (QED) is 0.626. The Bertz CT molecular complexity index is 406. The van der Waals surface area contributed by atoms with Gasteiger partial charge in [-0.15, -0.1) is 4.73 Å². The van der Waals surface area contributed by atoms with Gasteiger partial charge in [-0.05, 0) is 12.8 Å². The predicted molar refractivity (Wildman–Crippen MR) is 60.1 cm³/mol. The zero-order valence-electron chi connectivity index (χ0n) is 9.70. The number of hydrogen-bond donors (Lipinski definition) is 3. The molecule has 0 aliphatic heterocycles. The molecule has 7 nitrogen and oxygen atoms in total. The normalized spacial score (nSPS) is 10.2. The molecule has 1 aromatic heterocycles. The van der Waals surface area contributed by atoms with Gasteiger partial charge >= 0.3 is 11.9 Å². The zero-order valence-corrected chi connectivity index (χ0v) is 9.70. The van der Waals surface area contributed by atoms with Crippen LogP contribution in [-0.2, 0) is 9.59 Å². The molecule has 0 saturated carbocycles. The van der Waals surface area contributed by atoms with Crippen molar-refractivity contribution >= 4 is 11.9 Å². The van der Waals surface area contributed by atoms with Crippen molar-refractivity contribution in [1.29, 1.82) is 0 Å². The molecular weight excluding hydrogens is 242 g/mol. The van der Waals surface area contributed by atoms with Gasteiger partial charge in [0.05, 0.1) is 0 Å². The molecule has 0 fully saturated rings. The first-order valence-electron chi connectivity index (χ1n) is 5.53. The molecule has 7 heteroatoms. The van der Waals surface area contributed by atoms with Crippen LogP contribution in [0.5, 0.6) is 11.8 Å². The monoisotopic (exact) mass is 257 g/mol. The van der Waals surface area contributed by atoms with Gasteiger partial charge in [-0.2, -0.15) is 0 Å². The van der Waals surface area contributed by atoms with Crippen molar-refractivity contribution in [3.63, 3.8) is 0 Å². The molecule has 18 heavy (non-hydrogen) atoms. The summed E-state index contributed by atoms with van der Waals surface area (Å²) in [6, 6.07) is 2.38. The van der Waals surface area contributed by atoms with Gasteiger partial charge in [0.25, 0.3) is 0 Å². The average molecular weight is 257 g/mol. The Morgan fingerprint density at radius 1 is 1.06 bits per heavy atom. The summed E-state index contributed by atoms with van der Waals surface area (Å²) in [7, 11) is 0. The molecule has 0 aliphatic carbocycles.